The molecule has 0 bridgehead atoms. The summed E-state index contributed by atoms with van der Waals surface area (Å²) in [6, 6.07) is 13.0. The molecule has 0 fully saturated rings. The van der Waals surface area contributed by atoms with Crippen LogP contribution in [0.25, 0.3) is 0 Å². The molecule has 0 unspecified atom stereocenters. The highest BCUT2D eigenvalue weighted by Gasteiger charge is 2.16. The molecule has 1 aromatic heterocycles. The van der Waals surface area contributed by atoms with Crippen molar-refractivity contribution in [2.75, 3.05) is 17.4 Å². The molecule has 1 aliphatic heterocycles. The average Bonchev–Trinajstić information content (AvgIpc) is 3.11. The molecule has 3 aromatic rings. The molecule has 2 N–H and O–H groups in total. The highest BCUT2D eigenvalue weighted by molar-refractivity contribution is 6.03. The molecule has 0 radical (unpaired) electrons. The minimum Gasteiger partial charge on any atom is -0.454 e. The molecule has 0 saturated carbocycles. The molecule has 7 heteroatoms. The van der Waals surface area contributed by atoms with Gasteiger partial charge < -0.3 is 20.1 Å². The van der Waals surface area contributed by atoms with Crippen LogP contribution in [0.2, 0.25) is 0 Å². The van der Waals surface area contributed by atoms with Gasteiger partial charge in [0.05, 0.1) is 0 Å². The summed E-state index contributed by atoms with van der Waals surface area (Å²) in [5.41, 5.74) is 4.73. The van der Waals surface area contributed by atoms with Crippen molar-refractivity contribution in [1.29, 1.82) is 0 Å². The lowest BCUT2D eigenvalue weighted by Gasteiger charge is -2.11. The van der Waals surface area contributed by atoms with Crippen molar-refractivity contribution in [3.63, 3.8) is 0 Å². The predicted octanol–water partition coefficient (Wildman–Crippen LogP) is 4.13. The summed E-state index contributed by atoms with van der Waals surface area (Å²) >= 11 is 0. The maximum absolute atomic E-state index is 12.7. The Bertz CT molecular complexity index is 1070. The van der Waals surface area contributed by atoms with E-state index in [1.54, 1.807) is 24.3 Å². The van der Waals surface area contributed by atoms with E-state index in [-0.39, 0.29) is 18.4 Å². The Labute approximate surface area is 162 Å². The lowest BCUT2D eigenvalue weighted by molar-refractivity contribution is 0.102. The number of fused-ring (bicyclic) bond motifs is 1. The number of nitrogens with zero attached hydrogens (tertiary/aromatic N) is 2. The lowest BCUT2D eigenvalue weighted by atomic mass is 10.1. The van der Waals surface area contributed by atoms with Crippen LogP contribution in [-0.2, 0) is 0 Å². The quantitative estimate of drug-likeness (QED) is 0.712. The molecule has 28 heavy (non-hydrogen) atoms. The standard InChI is InChI=1S/C21H20N4O3/c1-12-4-6-16(13(2)8-12)24-21-22-14(3)9-17(25-21)20(26)23-15-5-7-18-19(10-15)28-11-27-18/h4-10H,11H2,1-3H3,(H,23,26)(H,22,24,25). The molecular weight excluding hydrogens is 356 g/mol. The summed E-state index contributed by atoms with van der Waals surface area (Å²) < 4.78 is 10.6. The number of hydrogen-bond acceptors (Lipinski definition) is 6. The van der Waals surface area contributed by atoms with Gasteiger partial charge >= 0.3 is 0 Å². The maximum Gasteiger partial charge on any atom is 0.274 e. The second-order valence-corrected chi connectivity index (χ2v) is 6.68. The predicted molar refractivity (Wildman–Crippen MR) is 106 cm³/mol. The van der Waals surface area contributed by atoms with Crippen molar-refractivity contribution in [3.05, 3.63) is 65.0 Å². The van der Waals surface area contributed by atoms with Gasteiger partial charge in [-0.3, -0.25) is 4.79 Å². The van der Waals surface area contributed by atoms with Crippen molar-refractivity contribution < 1.29 is 14.3 Å². The number of benzene rings is 2. The van der Waals surface area contributed by atoms with E-state index >= 15 is 0 Å². The number of aryl methyl sites for hydroxylation is 3. The first-order valence-corrected chi connectivity index (χ1v) is 8.89. The van der Waals surface area contributed by atoms with Crippen LogP contribution >= 0.6 is 0 Å². The van der Waals surface area contributed by atoms with Crippen molar-refractivity contribution in [3.8, 4) is 11.5 Å². The van der Waals surface area contributed by atoms with Gasteiger partial charge in [0.1, 0.15) is 5.69 Å². The zero-order chi connectivity index (χ0) is 19.7. The van der Waals surface area contributed by atoms with Crippen molar-refractivity contribution in [1.82, 2.24) is 9.97 Å². The van der Waals surface area contributed by atoms with Crippen LogP contribution in [0.4, 0.5) is 17.3 Å². The smallest absolute Gasteiger partial charge is 0.274 e. The van der Waals surface area contributed by atoms with E-state index in [0.29, 0.717) is 28.8 Å². The first kappa shape index (κ1) is 17.8. The van der Waals surface area contributed by atoms with Crippen molar-refractivity contribution in [2.45, 2.75) is 20.8 Å². The highest BCUT2D eigenvalue weighted by atomic mass is 16.7. The SMILES string of the molecule is Cc1ccc(Nc2nc(C)cc(C(=O)Nc3ccc4c(c3)OCO4)n2)c(C)c1. The minimum atomic E-state index is -0.326. The molecule has 0 aliphatic carbocycles. The van der Waals surface area contributed by atoms with Gasteiger partial charge in [-0.2, -0.15) is 0 Å². The van der Waals surface area contributed by atoms with E-state index in [0.717, 1.165) is 11.3 Å². The summed E-state index contributed by atoms with van der Waals surface area (Å²) in [6.45, 7) is 6.06. The topological polar surface area (TPSA) is 85.4 Å². The number of nitrogens with one attached hydrogen (secondary N) is 2. The first-order chi connectivity index (χ1) is 13.5. The number of aromatic nitrogens is 2. The Morgan fingerprint density at radius 2 is 1.79 bits per heavy atom. The molecule has 0 atom stereocenters. The average molecular weight is 376 g/mol. The molecule has 2 heterocycles. The zero-order valence-electron chi connectivity index (χ0n) is 15.9. The molecule has 142 valence electrons. The second-order valence-electron chi connectivity index (χ2n) is 6.68. The number of hydrogen-bond donors (Lipinski definition) is 2. The van der Waals surface area contributed by atoms with Crippen LogP contribution < -0.4 is 20.1 Å². The fourth-order valence-corrected chi connectivity index (χ4v) is 2.98. The van der Waals surface area contributed by atoms with E-state index in [1.807, 2.05) is 32.9 Å². The van der Waals surface area contributed by atoms with Gasteiger partial charge in [-0.15, -0.1) is 0 Å². The van der Waals surface area contributed by atoms with E-state index in [1.165, 1.54) is 5.56 Å². The summed E-state index contributed by atoms with van der Waals surface area (Å²) in [5, 5.41) is 6.03. The number of rotatable bonds is 4. The van der Waals surface area contributed by atoms with Gasteiger partial charge in [0, 0.05) is 23.1 Å². The van der Waals surface area contributed by atoms with E-state index in [4.69, 9.17) is 9.47 Å². The van der Waals surface area contributed by atoms with E-state index in [2.05, 4.69) is 26.7 Å². The number of ether oxygens (including phenoxy) is 2. The largest absolute Gasteiger partial charge is 0.454 e. The lowest BCUT2D eigenvalue weighted by Crippen LogP contribution is -2.15. The number of carbonyl (C=O) groups is 1. The Balaban J connectivity index is 1.55. The van der Waals surface area contributed by atoms with Gasteiger partial charge in [0.25, 0.3) is 5.91 Å². The monoisotopic (exact) mass is 376 g/mol. The van der Waals surface area contributed by atoms with Gasteiger partial charge in [-0.05, 0) is 50.6 Å². The minimum absolute atomic E-state index is 0.186. The fraction of sp³-hybridized carbons (Fsp3) is 0.190. The number of amides is 1. The molecule has 0 saturated heterocycles. The van der Waals surface area contributed by atoms with Crippen LogP contribution in [0.1, 0.15) is 27.3 Å². The summed E-state index contributed by atoms with van der Waals surface area (Å²) in [7, 11) is 0. The third-order valence-corrected chi connectivity index (χ3v) is 4.35. The molecule has 7 nitrogen and oxygen atoms in total. The van der Waals surface area contributed by atoms with Gasteiger partial charge in [-0.1, -0.05) is 17.7 Å². The second kappa shape index (κ2) is 7.19. The van der Waals surface area contributed by atoms with Crippen LogP contribution in [0.3, 0.4) is 0 Å². The highest BCUT2D eigenvalue weighted by Crippen LogP contribution is 2.34. The van der Waals surface area contributed by atoms with Gasteiger partial charge in [0.2, 0.25) is 12.7 Å². The van der Waals surface area contributed by atoms with Gasteiger partial charge in [0.15, 0.2) is 11.5 Å². The number of anilines is 3. The van der Waals surface area contributed by atoms with Crippen molar-refractivity contribution in [2.24, 2.45) is 0 Å². The van der Waals surface area contributed by atoms with Crippen LogP contribution in [0.5, 0.6) is 11.5 Å². The van der Waals surface area contributed by atoms with Crippen molar-refractivity contribution >= 4 is 23.2 Å². The molecular formula is C21H20N4O3. The third-order valence-electron chi connectivity index (χ3n) is 4.35. The Morgan fingerprint density at radius 3 is 2.61 bits per heavy atom. The molecule has 1 aliphatic rings. The molecule has 2 aromatic carbocycles. The Kier molecular flexibility index (Phi) is 4.57. The Hall–Kier alpha value is -3.61. The molecule has 4 rings (SSSR count). The van der Waals surface area contributed by atoms with Gasteiger partial charge in [-0.25, -0.2) is 9.97 Å². The van der Waals surface area contributed by atoms with E-state index in [9.17, 15) is 4.79 Å². The Morgan fingerprint density at radius 1 is 0.964 bits per heavy atom. The summed E-state index contributed by atoms with van der Waals surface area (Å²) in [6.07, 6.45) is 0. The molecule has 1 amide bonds. The zero-order valence-corrected chi connectivity index (χ0v) is 15.9. The summed E-state index contributed by atoms with van der Waals surface area (Å²) in [4.78, 5) is 21.4. The van der Waals surface area contributed by atoms with Crippen LogP contribution in [0, 0.1) is 20.8 Å². The van der Waals surface area contributed by atoms with E-state index < -0.39 is 0 Å². The summed E-state index contributed by atoms with van der Waals surface area (Å²) in [5.74, 6) is 1.32. The van der Waals surface area contributed by atoms with Crippen LogP contribution in [-0.4, -0.2) is 22.7 Å². The fourth-order valence-electron chi connectivity index (χ4n) is 2.98. The third kappa shape index (κ3) is 3.73. The number of carbonyl (C=O) groups excluding carboxylic acids is 1. The first-order valence-electron chi connectivity index (χ1n) is 8.89. The molecule has 0 spiro atoms. The van der Waals surface area contributed by atoms with Crippen LogP contribution in [0.15, 0.2) is 42.5 Å². The maximum atomic E-state index is 12.7. The normalized spacial score (nSPS) is 12.0.